The van der Waals surface area contributed by atoms with Crippen molar-refractivity contribution in [1.29, 1.82) is 0 Å². The fourth-order valence-electron chi connectivity index (χ4n) is 2.19. The summed E-state index contributed by atoms with van der Waals surface area (Å²) in [6.07, 6.45) is -5.32. The summed E-state index contributed by atoms with van der Waals surface area (Å²) in [5, 5.41) is 1.80. The molecule has 1 amide bonds. The van der Waals surface area contributed by atoms with Gasteiger partial charge in [0.2, 0.25) is 0 Å². The molecule has 0 radical (unpaired) electrons. The lowest BCUT2D eigenvalue weighted by Gasteiger charge is -2.34. The van der Waals surface area contributed by atoms with Gasteiger partial charge in [0, 0.05) is 10.0 Å². The van der Waals surface area contributed by atoms with E-state index in [4.69, 9.17) is 34.8 Å². The first kappa shape index (κ1) is 23.1. The number of carbonyl (C=O) groups excluding carboxylic acids is 2. The Kier molecular flexibility index (Phi) is 7.23. The van der Waals surface area contributed by atoms with Gasteiger partial charge < -0.3 is 15.5 Å². The van der Waals surface area contributed by atoms with Gasteiger partial charge in [-0.3, -0.25) is 4.79 Å². The standard InChI is InChI=1S/C17H13Cl3F3N3O3/c1-29-15(28)16(17(21,22)23,26-25-11-4-2-3-9(18)7-11)24-14(27)12-6-5-10(19)8-13(12)20/h2-8,25-26H,1H3,(H,24,27)/t16-/m0/s1. The topological polar surface area (TPSA) is 79.5 Å². The summed E-state index contributed by atoms with van der Waals surface area (Å²) in [5.74, 6) is -3.12. The normalized spacial score (nSPS) is 13.3. The Morgan fingerprint density at radius 1 is 1.00 bits per heavy atom. The predicted octanol–water partition coefficient (Wildman–Crippen LogP) is 4.42. The third-order valence-corrected chi connectivity index (χ3v) is 4.40. The number of benzene rings is 2. The number of ether oxygens (including phenoxy) is 1. The Morgan fingerprint density at radius 3 is 2.21 bits per heavy atom. The van der Waals surface area contributed by atoms with Crippen LogP contribution in [0.4, 0.5) is 18.9 Å². The Morgan fingerprint density at radius 2 is 1.66 bits per heavy atom. The minimum Gasteiger partial charge on any atom is -0.466 e. The monoisotopic (exact) mass is 469 g/mol. The van der Waals surface area contributed by atoms with E-state index in [0.717, 1.165) is 13.2 Å². The van der Waals surface area contributed by atoms with E-state index in [1.165, 1.54) is 36.4 Å². The second kappa shape index (κ2) is 9.08. The number of carbonyl (C=O) groups is 2. The molecule has 29 heavy (non-hydrogen) atoms. The van der Waals surface area contributed by atoms with Crippen LogP contribution in [-0.2, 0) is 9.53 Å². The van der Waals surface area contributed by atoms with E-state index >= 15 is 0 Å². The number of rotatable bonds is 6. The van der Waals surface area contributed by atoms with Crippen LogP contribution < -0.4 is 16.2 Å². The first-order valence-corrected chi connectivity index (χ1v) is 8.85. The summed E-state index contributed by atoms with van der Waals surface area (Å²) in [6.45, 7) is 0. The van der Waals surface area contributed by atoms with Crippen LogP contribution >= 0.6 is 34.8 Å². The maximum atomic E-state index is 13.9. The summed E-state index contributed by atoms with van der Waals surface area (Å²) in [7, 11) is 0.741. The van der Waals surface area contributed by atoms with E-state index in [9.17, 15) is 22.8 Å². The zero-order chi connectivity index (χ0) is 21.8. The molecule has 2 rings (SSSR count). The molecule has 3 N–H and O–H groups in total. The molecular weight excluding hydrogens is 458 g/mol. The molecule has 0 spiro atoms. The van der Waals surface area contributed by atoms with Crippen molar-refractivity contribution in [2.75, 3.05) is 12.5 Å². The molecule has 1 atom stereocenters. The van der Waals surface area contributed by atoms with E-state index in [-0.39, 0.29) is 26.3 Å². The molecule has 0 aliphatic heterocycles. The van der Waals surface area contributed by atoms with E-state index in [1.807, 2.05) is 0 Å². The van der Waals surface area contributed by atoms with Crippen LogP contribution in [-0.4, -0.2) is 30.8 Å². The van der Waals surface area contributed by atoms with Crippen molar-refractivity contribution in [2.24, 2.45) is 0 Å². The fraction of sp³-hybridized carbons (Fsp3) is 0.176. The molecule has 0 unspecified atom stereocenters. The van der Waals surface area contributed by atoms with Crippen LogP contribution in [0.15, 0.2) is 42.5 Å². The Balaban J connectivity index is 2.42. The van der Waals surface area contributed by atoms with Gasteiger partial charge in [0.15, 0.2) is 0 Å². The number of hydrazine groups is 1. The zero-order valence-electron chi connectivity index (χ0n) is 14.5. The third-order valence-electron chi connectivity index (χ3n) is 3.61. The summed E-state index contributed by atoms with van der Waals surface area (Å²) in [6, 6.07) is 9.18. The minimum atomic E-state index is -5.32. The highest BCUT2D eigenvalue weighted by Crippen LogP contribution is 2.31. The van der Waals surface area contributed by atoms with Gasteiger partial charge in [-0.05, 0) is 36.4 Å². The lowest BCUT2D eigenvalue weighted by molar-refractivity contribution is -0.215. The first-order valence-electron chi connectivity index (χ1n) is 7.71. The molecule has 156 valence electrons. The number of hydrogen-bond donors (Lipinski definition) is 3. The van der Waals surface area contributed by atoms with Crippen LogP contribution in [0, 0.1) is 0 Å². The average molecular weight is 471 g/mol. The van der Waals surface area contributed by atoms with Crippen molar-refractivity contribution in [3.05, 3.63) is 63.1 Å². The molecule has 0 aliphatic rings. The molecule has 0 fully saturated rings. The minimum absolute atomic E-state index is 0.0915. The second-order valence-corrected chi connectivity index (χ2v) is 6.86. The van der Waals surface area contributed by atoms with Crippen molar-refractivity contribution in [3.63, 3.8) is 0 Å². The number of hydrogen-bond acceptors (Lipinski definition) is 5. The molecule has 0 saturated carbocycles. The Bertz CT molecular complexity index is 928. The van der Waals surface area contributed by atoms with Gasteiger partial charge in [-0.15, -0.1) is 0 Å². The largest absolute Gasteiger partial charge is 0.466 e. The number of halogens is 6. The maximum absolute atomic E-state index is 13.9. The highest BCUT2D eigenvalue weighted by atomic mass is 35.5. The number of amides is 1. The lowest BCUT2D eigenvalue weighted by Crippen LogP contribution is -2.73. The van der Waals surface area contributed by atoms with E-state index in [2.05, 4.69) is 10.2 Å². The quantitative estimate of drug-likeness (QED) is 0.331. The predicted molar refractivity (Wildman–Crippen MR) is 103 cm³/mol. The van der Waals surface area contributed by atoms with Crippen LogP contribution in [0.3, 0.4) is 0 Å². The van der Waals surface area contributed by atoms with Crippen molar-refractivity contribution in [1.82, 2.24) is 10.7 Å². The fourth-order valence-corrected chi connectivity index (χ4v) is 2.87. The summed E-state index contributed by atoms with van der Waals surface area (Å²) in [5.41, 5.74) is 0.102. The van der Waals surface area contributed by atoms with Crippen LogP contribution in [0.2, 0.25) is 15.1 Å². The van der Waals surface area contributed by atoms with Crippen LogP contribution in [0.25, 0.3) is 0 Å². The van der Waals surface area contributed by atoms with Crippen molar-refractivity contribution in [2.45, 2.75) is 11.8 Å². The number of nitrogens with one attached hydrogen (secondary N) is 3. The van der Waals surface area contributed by atoms with Crippen molar-refractivity contribution in [3.8, 4) is 0 Å². The highest BCUT2D eigenvalue weighted by molar-refractivity contribution is 6.36. The van der Waals surface area contributed by atoms with Crippen LogP contribution in [0.1, 0.15) is 10.4 Å². The van der Waals surface area contributed by atoms with Gasteiger partial charge in [-0.1, -0.05) is 40.9 Å². The van der Waals surface area contributed by atoms with Crippen molar-refractivity contribution < 1.29 is 27.5 Å². The van der Waals surface area contributed by atoms with E-state index in [1.54, 1.807) is 10.7 Å². The number of anilines is 1. The molecule has 0 heterocycles. The van der Waals surface area contributed by atoms with Gasteiger partial charge in [0.25, 0.3) is 5.91 Å². The second-order valence-electron chi connectivity index (χ2n) is 5.58. The molecule has 2 aromatic carbocycles. The summed E-state index contributed by atoms with van der Waals surface area (Å²) >= 11 is 17.4. The number of esters is 1. The summed E-state index contributed by atoms with van der Waals surface area (Å²) in [4.78, 5) is 24.6. The molecule has 0 bridgehead atoms. The Hall–Kier alpha value is -2.20. The van der Waals surface area contributed by atoms with Crippen molar-refractivity contribution >= 4 is 52.4 Å². The van der Waals surface area contributed by atoms with Gasteiger partial charge in [0.1, 0.15) is 0 Å². The first-order chi connectivity index (χ1) is 13.5. The van der Waals surface area contributed by atoms with Gasteiger partial charge in [-0.2, -0.15) is 18.6 Å². The molecule has 0 aromatic heterocycles. The molecule has 2 aromatic rings. The van der Waals surface area contributed by atoms with E-state index in [0.29, 0.717) is 0 Å². The molecule has 0 aliphatic carbocycles. The third kappa shape index (κ3) is 5.24. The lowest BCUT2D eigenvalue weighted by atomic mass is 10.1. The Labute approximate surface area is 178 Å². The van der Waals surface area contributed by atoms with Gasteiger partial charge in [0.05, 0.1) is 23.4 Å². The molecule has 12 heteroatoms. The van der Waals surface area contributed by atoms with Gasteiger partial charge in [-0.25, -0.2) is 4.79 Å². The highest BCUT2D eigenvalue weighted by Gasteiger charge is 2.63. The molecule has 6 nitrogen and oxygen atoms in total. The smallest absolute Gasteiger partial charge is 0.438 e. The zero-order valence-corrected chi connectivity index (χ0v) is 16.8. The maximum Gasteiger partial charge on any atom is 0.438 e. The number of alkyl halides is 3. The SMILES string of the molecule is COC(=O)[C@@](NNc1cccc(Cl)c1)(NC(=O)c1ccc(Cl)cc1Cl)C(F)(F)F. The summed E-state index contributed by atoms with van der Waals surface area (Å²) < 4.78 is 46.1. The number of methoxy groups -OCH3 is 1. The van der Waals surface area contributed by atoms with Crippen LogP contribution in [0.5, 0.6) is 0 Å². The van der Waals surface area contributed by atoms with E-state index < -0.39 is 23.7 Å². The molecule has 0 saturated heterocycles. The molecular formula is C17H13Cl3F3N3O3. The average Bonchev–Trinajstić information content (AvgIpc) is 2.63. The van der Waals surface area contributed by atoms with Gasteiger partial charge >= 0.3 is 17.8 Å².